The van der Waals surface area contributed by atoms with Crippen LogP contribution in [-0.2, 0) is 0 Å². The lowest BCUT2D eigenvalue weighted by molar-refractivity contribution is 0.0940. The minimum absolute atomic E-state index is 0.110. The van der Waals surface area contributed by atoms with Crippen LogP contribution in [0.25, 0.3) is 11.1 Å². The number of hydrogen-bond acceptors (Lipinski definition) is 3. The van der Waals surface area contributed by atoms with E-state index >= 15 is 0 Å². The summed E-state index contributed by atoms with van der Waals surface area (Å²) in [6, 6.07) is 11.6. The minimum Gasteiger partial charge on any atom is -0.366 e. The molecule has 6 heteroatoms. The second-order valence-electron chi connectivity index (χ2n) is 6.77. The number of nitrogens with one attached hydrogen (secondary N) is 1. The molecule has 2 aromatic rings. The topological polar surface area (TPSA) is 75.4 Å². The third-order valence-electron chi connectivity index (χ3n) is 5.12. The Hall–Kier alpha value is -2.73. The second-order valence-corrected chi connectivity index (χ2v) is 6.77. The Morgan fingerprint density at radius 3 is 2.56 bits per heavy atom. The number of rotatable bonds is 6. The summed E-state index contributed by atoms with van der Waals surface area (Å²) in [4.78, 5) is 26.1. The van der Waals surface area contributed by atoms with Crippen LogP contribution in [0.3, 0.4) is 0 Å². The summed E-state index contributed by atoms with van der Waals surface area (Å²) in [6.07, 6.45) is 2.29. The molecule has 0 saturated carbocycles. The molecule has 142 valence electrons. The first kappa shape index (κ1) is 19.0. The molecule has 2 amide bonds. The normalized spacial score (nSPS) is 17.0. The van der Waals surface area contributed by atoms with Crippen LogP contribution in [-0.4, -0.2) is 42.4 Å². The monoisotopic (exact) mass is 369 g/mol. The van der Waals surface area contributed by atoms with Gasteiger partial charge < -0.3 is 11.1 Å². The molecular weight excluding hydrogens is 345 g/mol. The van der Waals surface area contributed by atoms with E-state index in [-0.39, 0.29) is 11.5 Å². The van der Waals surface area contributed by atoms with Crippen LogP contribution in [0.2, 0.25) is 0 Å². The van der Waals surface area contributed by atoms with Crippen molar-refractivity contribution < 1.29 is 14.0 Å². The lowest BCUT2D eigenvalue weighted by Crippen LogP contribution is -2.40. The number of halogens is 1. The van der Waals surface area contributed by atoms with E-state index in [9.17, 15) is 14.0 Å². The number of primary amides is 1. The number of nitrogens with two attached hydrogens (primary N) is 1. The lowest BCUT2D eigenvalue weighted by atomic mass is 10.0. The van der Waals surface area contributed by atoms with Gasteiger partial charge in [-0.3, -0.25) is 14.5 Å². The second kappa shape index (κ2) is 8.31. The Bertz CT molecular complexity index is 836. The molecule has 1 heterocycles. The van der Waals surface area contributed by atoms with E-state index in [2.05, 4.69) is 17.1 Å². The third-order valence-corrected chi connectivity index (χ3v) is 5.12. The molecule has 5 nitrogen and oxygen atoms in total. The summed E-state index contributed by atoms with van der Waals surface area (Å²) < 4.78 is 13.6. The molecule has 0 radical (unpaired) electrons. The summed E-state index contributed by atoms with van der Waals surface area (Å²) in [6.45, 7) is 4.88. The van der Waals surface area contributed by atoms with Gasteiger partial charge in [0.25, 0.3) is 11.8 Å². The molecule has 1 aliphatic heterocycles. The summed E-state index contributed by atoms with van der Waals surface area (Å²) in [7, 11) is 0. The molecule has 2 aromatic carbocycles. The molecule has 1 saturated heterocycles. The van der Waals surface area contributed by atoms with Crippen molar-refractivity contribution in [3.63, 3.8) is 0 Å². The molecule has 1 fully saturated rings. The summed E-state index contributed by atoms with van der Waals surface area (Å²) in [5, 5.41) is 3.00. The first-order chi connectivity index (χ1) is 13.0. The van der Waals surface area contributed by atoms with Crippen molar-refractivity contribution in [3.05, 3.63) is 59.4 Å². The Kier molecular flexibility index (Phi) is 5.86. The number of hydrogen-bond donors (Lipinski definition) is 2. The van der Waals surface area contributed by atoms with Crippen molar-refractivity contribution in [3.8, 4) is 11.1 Å². The van der Waals surface area contributed by atoms with Crippen molar-refractivity contribution in [1.82, 2.24) is 10.2 Å². The number of likely N-dealkylation sites (tertiary alicyclic amines) is 1. The first-order valence-electron chi connectivity index (χ1n) is 9.21. The molecule has 0 unspecified atom stereocenters. The van der Waals surface area contributed by atoms with Crippen LogP contribution in [0, 0.1) is 5.82 Å². The summed E-state index contributed by atoms with van der Waals surface area (Å²) in [5.74, 6) is -1.56. The van der Waals surface area contributed by atoms with Gasteiger partial charge in [-0.25, -0.2) is 4.39 Å². The molecule has 1 aliphatic rings. The Morgan fingerprint density at radius 2 is 1.89 bits per heavy atom. The maximum Gasteiger partial charge on any atom is 0.251 e. The fourth-order valence-corrected chi connectivity index (χ4v) is 3.56. The highest BCUT2D eigenvalue weighted by atomic mass is 19.1. The van der Waals surface area contributed by atoms with Gasteiger partial charge in [0.15, 0.2) is 0 Å². The predicted octanol–water partition coefficient (Wildman–Crippen LogP) is 2.81. The van der Waals surface area contributed by atoms with Gasteiger partial charge in [-0.05, 0) is 61.3 Å². The number of benzene rings is 2. The van der Waals surface area contributed by atoms with E-state index < -0.39 is 11.7 Å². The van der Waals surface area contributed by atoms with Crippen LogP contribution < -0.4 is 11.1 Å². The summed E-state index contributed by atoms with van der Waals surface area (Å²) >= 11 is 0. The van der Waals surface area contributed by atoms with Gasteiger partial charge in [0.2, 0.25) is 0 Å². The number of carbonyl (C=O) groups excluding carboxylic acids is 2. The highest BCUT2D eigenvalue weighted by Gasteiger charge is 2.23. The Labute approximate surface area is 158 Å². The van der Waals surface area contributed by atoms with E-state index in [0.717, 1.165) is 25.1 Å². The Morgan fingerprint density at radius 1 is 1.19 bits per heavy atom. The lowest BCUT2D eigenvalue weighted by Gasteiger charge is -2.22. The van der Waals surface area contributed by atoms with Crippen molar-refractivity contribution in [2.75, 3.05) is 19.6 Å². The van der Waals surface area contributed by atoms with Crippen molar-refractivity contribution >= 4 is 11.8 Å². The van der Waals surface area contributed by atoms with E-state index in [1.807, 2.05) is 0 Å². The van der Waals surface area contributed by atoms with Gasteiger partial charge in [-0.2, -0.15) is 0 Å². The molecule has 3 N–H and O–H groups in total. The van der Waals surface area contributed by atoms with Gasteiger partial charge in [0.1, 0.15) is 5.82 Å². The molecule has 0 aromatic heterocycles. The minimum atomic E-state index is -0.807. The van der Waals surface area contributed by atoms with Crippen molar-refractivity contribution in [2.24, 2.45) is 5.73 Å². The SMILES string of the molecule is CCN1CCC[C@H]1CNC(=O)c1ccc(-c2ccc(F)c(C(N)=O)c2)cc1. The quantitative estimate of drug-likeness (QED) is 0.822. The smallest absolute Gasteiger partial charge is 0.251 e. The number of carbonyl (C=O) groups is 2. The van der Waals surface area contributed by atoms with Crippen LogP contribution in [0.4, 0.5) is 4.39 Å². The van der Waals surface area contributed by atoms with E-state index in [1.165, 1.54) is 18.6 Å². The molecular formula is C21H24FN3O2. The predicted molar refractivity (Wildman–Crippen MR) is 103 cm³/mol. The Balaban J connectivity index is 1.67. The van der Waals surface area contributed by atoms with Gasteiger partial charge in [-0.1, -0.05) is 25.1 Å². The van der Waals surface area contributed by atoms with Crippen LogP contribution >= 0.6 is 0 Å². The maximum atomic E-state index is 13.6. The number of likely N-dealkylation sites (N-methyl/N-ethyl adjacent to an activating group) is 1. The number of amides is 2. The molecule has 27 heavy (non-hydrogen) atoms. The third kappa shape index (κ3) is 4.34. The zero-order valence-corrected chi connectivity index (χ0v) is 15.4. The largest absolute Gasteiger partial charge is 0.366 e. The summed E-state index contributed by atoms with van der Waals surface area (Å²) in [5.41, 5.74) is 7.06. The average Bonchev–Trinajstić information content (AvgIpc) is 3.14. The fourth-order valence-electron chi connectivity index (χ4n) is 3.56. The van der Waals surface area contributed by atoms with E-state index in [4.69, 9.17) is 5.73 Å². The van der Waals surface area contributed by atoms with Gasteiger partial charge in [0, 0.05) is 18.2 Å². The van der Waals surface area contributed by atoms with Crippen LogP contribution in [0.5, 0.6) is 0 Å². The van der Waals surface area contributed by atoms with Crippen LogP contribution in [0.15, 0.2) is 42.5 Å². The highest BCUT2D eigenvalue weighted by molar-refractivity contribution is 5.95. The van der Waals surface area contributed by atoms with E-state index in [0.29, 0.717) is 23.7 Å². The van der Waals surface area contributed by atoms with Gasteiger partial charge in [-0.15, -0.1) is 0 Å². The molecule has 3 rings (SSSR count). The average molecular weight is 369 g/mol. The molecule has 1 atom stereocenters. The van der Waals surface area contributed by atoms with E-state index in [1.54, 1.807) is 30.3 Å². The zero-order valence-electron chi connectivity index (χ0n) is 15.4. The zero-order chi connectivity index (χ0) is 19.4. The standard InChI is InChI=1S/C21H24FN3O2/c1-2-25-11-3-4-17(25)13-24-21(27)15-7-5-14(6-8-15)16-9-10-19(22)18(12-16)20(23)26/h5-10,12,17H,2-4,11,13H2,1H3,(H2,23,26)(H,24,27)/t17-/m0/s1. The molecule has 0 spiro atoms. The maximum absolute atomic E-state index is 13.6. The number of nitrogens with zero attached hydrogens (tertiary/aromatic N) is 1. The van der Waals surface area contributed by atoms with Gasteiger partial charge in [0.05, 0.1) is 5.56 Å². The van der Waals surface area contributed by atoms with Crippen molar-refractivity contribution in [1.29, 1.82) is 0 Å². The molecule has 0 aliphatic carbocycles. The molecule has 0 bridgehead atoms. The fraction of sp³-hybridized carbons (Fsp3) is 0.333. The highest BCUT2D eigenvalue weighted by Crippen LogP contribution is 2.23. The van der Waals surface area contributed by atoms with Crippen molar-refractivity contribution in [2.45, 2.75) is 25.8 Å². The van der Waals surface area contributed by atoms with Gasteiger partial charge >= 0.3 is 0 Å². The first-order valence-corrected chi connectivity index (χ1v) is 9.21. The van der Waals surface area contributed by atoms with Crippen LogP contribution in [0.1, 0.15) is 40.5 Å².